The van der Waals surface area contributed by atoms with Gasteiger partial charge in [-0.3, -0.25) is 9.69 Å². The number of hydrogen-bond donors (Lipinski definition) is 1. The summed E-state index contributed by atoms with van der Waals surface area (Å²) in [6.07, 6.45) is 7.08. The first kappa shape index (κ1) is 18.6. The largest absolute Gasteiger partial charge is 0.377 e. The summed E-state index contributed by atoms with van der Waals surface area (Å²) in [6, 6.07) is 0. The lowest BCUT2D eigenvalue weighted by Gasteiger charge is -2.42. The van der Waals surface area contributed by atoms with E-state index in [1.165, 1.54) is 0 Å². The molecule has 1 N–H and O–H groups in total. The molecule has 1 amide bonds. The molecule has 24 heavy (non-hydrogen) atoms. The van der Waals surface area contributed by atoms with E-state index in [4.69, 9.17) is 4.74 Å². The molecule has 134 valence electrons. The van der Waals surface area contributed by atoms with Crippen LogP contribution < -0.4 is 10.2 Å². The molecule has 2 heterocycles. The highest BCUT2D eigenvalue weighted by Gasteiger charge is 2.35. The number of hydrogen-bond acceptors (Lipinski definition) is 6. The second-order valence-electron chi connectivity index (χ2n) is 6.66. The average Bonchev–Trinajstić information content (AvgIpc) is 2.60. The molecule has 0 saturated carbocycles. The van der Waals surface area contributed by atoms with Crippen LogP contribution in [0.25, 0.3) is 0 Å². The second-order valence-corrected chi connectivity index (χ2v) is 6.66. The normalized spacial score (nSPS) is 21.5. The summed E-state index contributed by atoms with van der Waals surface area (Å²) < 4.78 is 5.83. The first-order chi connectivity index (χ1) is 11.5. The monoisotopic (exact) mass is 335 g/mol. The predicted octanol–water partition coefficient (Wildman–Crippen LogP) is 1.05. The maximum Gasteiger partial charge on any atom is 0.224 e. The van der Waals surface area contributed by atoms with Gasteiger partial charge in [0, 0.05) is 65.7 Å². The number of nitrogens with one attached hydrogen (secondary N) is 1. The van der Waals surface area contributed by atoms with E-state index >= 15 is 0 Å². The molecule has 1 aliphatic rings. The molecule has 1 aliphatic heterocycles. The lowest BCUT2D eigenvalue weighted by atomic mass is 9.87. The molecule has 1 unspecified atom stereocenters. The van der Waals surface area contributed by atoms with Crippen LogP contribution >= 0.6 is 0 Å². The Morgan fingerprint density at radius 2 is 2.12 bits per heavy atom. The lowest BCUT2D eigenvalue weighted by Crippen LogP contribution is -2.49. The van der Waals surface area contributed by atoms with Crippen LogP contribution in [0.15, 0.2) is 12.4 Å². The summed E-state index contributed by atoms with van der Waals surface area (Å²) in [4.78, 5) is 24.6. The third-order valence-corrected chi connectivity index (χ3v) is 4.64. The van der Waals surface area contributed by atoms with Gasteiger partial charge in [-0.1, -0.05) is 0 Å². The summed E-state index contributed by atoms with van der Waals surface area (Å²) in [5.74, 6) is 0.783. The Hall–Kier alpha value is -1.73. The van der Waals surface area contributed by atoms with E-state index in [0.717, 1.165) is 44.5 Å². The highest BCUT2D eigenvalue weighted by atomic mass is 16.5. The lowest BCUT2D eigenvalue weighted by molar-refractivity contribution is -0.124. The smallest absolute Gasteiger partial charge is 0.224 e. The highest BCUT2D eigenvalue weighted by Crippen LogP contribution is 2.30. The Balaban J connectivity index is 1.96. The third-order valence-electron chi connectivity index (χ3n) is 4.64. The Bertz CT molecular complexity index is 534. The van der Waals surface area contributed by atoms with Crippen molar-refractivity contribution in [2.24, 2.45) is 0 Å². The quantitative estimate of drug-likeness (QED) is 0.803. The second kappa shape index (κ2) is 8.39. The van der Waals surface area contributed by atoms with Crippen LogP contribution in [0.4, 0.5) is 5.95 Å². The van der Waals surface area contributed by atoms with Crippen molar-refractivity contribution < 1.29 is 9.53 Å². The van der Waals surface area contributed by atoms with Crippen molar-refractivity contribution in [3.05, 3.63) is 18.0 Å². The van der Waals surface area contributed by atoms with E-state index in [1.54, 1.807) is 14.2 Å². The van der Waals surface area contributed by atoms with Gasteiger partial charge in [-0.2, -0.15) is 0 Å². The van der Waals surface area contributed by atoms with Crippen LogP contribution in [-0.2, 0) is 16.1 Å². The Kier molecular flexibility index (Phi) is 6.51. The predicted molar refractivity (Wildman–Crippen MR) is 93.9 cm³/mol. The topological polar surface area (TPSA) is 70.6 Å². The van der Waals surface area contributed by atoms with Crippen molar-refractivity contribution in [3.63, 3.8) is 0 Å². The fourth-order valence-electron chi connectivity index (χ4n) is 3.18. The molecular weight excluding hydrogens is 306 g/mol. The van der Waals surface area contributed by atoms with Crippen LogP contribution in [0.5, 0.6) is 0 Å². The zero-order valence-corrected chi connectivity index (χ0v) is 15.2. The van der Waals surface area contributed by atoms with Crippen LogP contribution in [0, 0.1) is 0 Å². The first-order valence-electron chi connectivity index (χ1n) is 8.44. The average molecular weight is 335 g/mol. The number of methoxy groups -OCH3 is 1. The fourth-order valence-corrected chi connectivity index (χ4v) is 3.18. The number of piperidine rings is 1. The van der Waals surface area contributed by atoms with Gasteiger partial charge in [-0.15, -0.1) is 0 Å². The molecule has 0 radical (unpaired) electrons. The van der Waals surface area contributed by atoms with Crippen molar-refractivity contribution in [1.82, 2.24) is 20.2 Å². The zero-order chi connectivity index (χ0) is 17.6. The molecule has 0 aromatic carbocycles. The van der Waals surface area contributed by atoms with Crippen molar-refractivity contribution in [2.75, 3.05) is 46.2 Å². The number of anilines is 1. The molecule has 2 rings (SSSR count). The SMILES string of the molecule is CNC(=O)CCC1(OC)CCCN(Cc2cnc(N(C)C)nc2)C1. The zero-order valence-electron chi connectivity index (χ0n) is 15.2. The van der Waals surface area contributed by atoms with Crippen molar-refractivity contribution in [2.45, 2.75) is 37.8 Å². The Labute approximate surface area is 144 Å². The number of rotatable bonds is 7. The van der Waals surface area contributed by atoms with E-state index in [-0.39, 0.29) is 11.5 Å². The van der Waals surface area contributed by atoms with E-state index in [2.05, 4.69) is 20.2 Å². The van der Waals surface area contributed by atoms with Gasteiger partial charge in [-0.25, -0.2) is 9.97 Å². The number of likely N-dealkylation sites (tertiary alicyclic amines) is 1. The summed E-state index contributed by atoms with van der Waals surface area (Å²) in [5, 5.41) is 2.68. The molecule has 1 atom stereocenters. The minimum atomic E-state index is -0.241. The summed E-state index contributed by atoms with van der Waals surface area (Å²) >= 11 is 0. The van der Waals surface area contributed by atoms with Crippen LogP contribution in [-0.4, -0.2) is 67.7 Å². The number of carbonyl (C=O) groups excluding carboxylic acids is 1. The molecular formula is C17H29N5O2. The number of aromatic nitrogens is 2. The minimum absolute atomic E-state index is 0.0659. The van der Waals surface area contributed by atoms with Crippen LogP contribution in [0.1, 0.15) is 31.2 Å². The molecule has 7 nitrogen and oxygen atoms in total. The summed E-state index contributed by atoms with van der Waals surface area (Å²) in [6.45, 7) is 2.66. The molecule has 1 aromatic heterocycles. The van der Waals surface area contributed by atoms with Crippen molar-refractivity contribution >= 4 is 11.9 Å². The molecule has 1 saturated heterocycles. The van der Waals surface area contributed by atoms with Gasteiger partial charge >= 0.3 is 0 Å². The summed E-state index contributed by atoms with van der Waals surface area (Å²) in [7, 11) is 7.28. The van der Waals surface area contributed by atoms with E-state index in [0.29, 0.717) is 12.4 Å². The Morgan fingerprint density at radius 1 is 1.42 bits per heavy atom. The van der Waals surface area contributed by atoms with E-state index in [1.807, 2.05) is 31.4 Å². The number of carbonyl (C=O) groups is 1. The van der Waals surface area contributed by atoms with Gasteiger partial charge in [0.1, 0.15) is 0 Å². The number of nitrogens with zero attached hydrogens (tertiary/aromatic N) is 4. The number of amides is 1. The molecule has 1 aromatic rings. The van der Waals surface area contributed by atoms with Gasteiger partial charge < -0.3 is 15.0 Å². The van der Waals surface area contributed by atoms with Gasteiger partial charge in [-0.05, 0) is 25.8 Å². The van der Waals surface area contributed by atoms with Gasteiger partial charge in [0.2, 0.25) is 11.9 Å². The van der Waals surface area contributed by atoms with Crippen LogP contribution in [0.2, 0.25) is 0 Å². The summed E-state index contributed by atoms with van der Waals surface area (Å²) in [5.41, 5.74) is 0.855. The molecule has 1 fully saturated rings. The maximum absolute atomic E-state index is 11.6. The van der Waals surface area contributed by atoms with Crippen molar-refractivity contribution in [1.29, 1.82) is 0 Å². The minimum Gasteiger partial charge on any atom is -0.377 e. The number of ether oxygens (including phenoxy) is 1. The molecule has 0 bridgehead atoms. The van der Waals surface area contributed by atoms with Crippen molar-refractivity contribution in [3.8, 4) is 0 Å². The van der Waals surface area contributed by atoms with Gasteiger partial charge in [0.15, 0.2) is 0 Å². The highest BCUT2D eigenvalue weighted by molar-refractivity contribution is 5.75. The third kappa shape index (κ3) is 4.88. The molecule has 0 spiro atoms. The Morgan fingerprint density at radius 3 is 2.71 bits per heavy atom. The van der Waals surface area contributed by atoms with E-state index < -0.39 is 0 Å². The maximum atomic E-state index is 11.6. The van der Waals surface area contributed by atoms with Gasteiger partial charge in [0.25, 0.3) is 0 Å². The molecule has 7 heteroatoms. The first-order valence-corrected chi connectivity index (χ1v) is 8.44. The van der Waals surface area contributed by atoms with Crippen LogP contribution in [0.3, 0.4) is 0 Å². The molecule has 0 aliphatic carbocycles. The van der Waals surface area contributed by atoms with E-state index in [9.17, 15) is 4.79 Å². The fraction of sp³-hybridized carbons (Fsp3) is 0.706. The van der Waals surface area contributed by atoms with Gasteiger partial charge in [0.05, 0.1) is 5.60 Å². The standard InChI is InChI=1S/C17H29N5O2/c1-18-15(23)6-8-17(24-4)7-5-9-22(13-17)12-14-10-19-16(20-11-14)21(2)3/h10-11H,5-9,12-13H2,1-4H3,(H,18,23).